The van der Waals surface area contributed by atoms with E-state index in [0.29, 0.717) is 5.82 Å². The minimum Gasteiger partial charge on any atom is -0.378 e. The van der Waals surface area contributed by atoms with E-state index in [1.807, 2.05) is 30.3 Å². The number of ether oxygens (including phenoxy) is 1. The molecule has 0 unspecified atom stereocenters. The van der Waals surface area contributed by atoms with Crippen LogP contribution >= 0.6 is 0 Å². The molecule has 3 aromatic rings. The van der Waals surface area contributed by atoms with Gasteiger partial charge in [0.2, 0.25) is 0 Å². The number of hydrogen-bond donors (Lipinski definition) is 0. The van der Waals surface area contributed by atoms with Crippen LogP contribution in [0.3, 0.4) is 0 Å². The molecule has 1 aromatic carbocycles. The van der Waals surface area contributed by atoms with Crippen LogP contribution in [-0.4, -0.2) is 41.3 Å². The fourth-order valence-electron chi connectivity index (χ4n) is 2.77. The molecule has 24 heavy (non-hydrogen) atoms. The number of benzene rings is 1. The van der Waals surface area contributed by atoms with Crippen LogP contribution in [0.15, 0.2) is 60.9 Å². The summed E-state index contributed by atoms with van der Waals surface area (Å²) >= 11 is 0. The Morgan fingerprint density at radius 3 is 2.42 bits per heavy atom. The molecule has 1 fully saturated rings. The second kappa shape index (κ2) is 6.76. The molecule has 120 valence electrons. The molecule has 3 heterocycles. The molecule has 0 radical (unpaired) electrons. The third-order valence-corrected chi connectivity index (χ3v) is 4.04. The molecule has 4 rings (SSSR count). The van der Waals surface area contributed by atoms with E-state index >= 15 is 0 Å². The van der Waals surface area contributed by atoms with E-state index in [2.05, 4.69) is 28.1 Å². The van der Waals surface area contributed by atoms with Gasteiger partial charge in [0.15, 0.2) is 5.82 Å². The van der Waals surface area contributed by atoms with Crippen LogP contribution in [-0.2, 0) is 4.74 Å². The quantitative estimate of drug-likeness (QED) is 0.743. The third kappa shape index (κ3) is 3.12. The van der Waals surface area contributed by atoms with Crippen LogP contribution < -0.4 is 4.90 Å². The first kappa shape index (κ1) is 14.8. The second-order valence-corrected chi connectivity index (χ2v) is 5.64. The van der Waals surface area contributed by atoms with E-state index in [1.165, 1.54) is 0 Å². The van der Waals surface area contributed by atoms with Gasteiger partial charge in [0.1, 0.15) is 5.82 Å². The maximum Gasteiger partial charge on any atom is 0.163 e. The van der Waals surface area contributed by atoms with Gasteiger partial charge in [0, 0.05) is 42.7 Å². The first-order valence-corrected chi connectivity index (χ1v) is 8.08. The van der Waals surface area contributed by atoms with Gasteiger partial charge in [-0.05, 0) is 12.1 Å². The van der Waals surface area contributed by atoms with Crippen LogP contribution in [0.4, 0.5) is 5.82 Å². The fraction of sp³-hybridized carbons (Fsp3) is 0.211. The van der Waals surface area contributed by atoms with E-state index < -0.39 is 0 Å². The lowest BCUT2D eigenvalue weighted by Gasteiger charge is -2.28. The van der Waals surface area contributed by atoms with E-state index in [4.69, 9.17) is 14.7 Å². The van der Waals surface area contributed by atoms with Gasteiger partial charge in [-0.25, -0.2) is 9.97 Å². The fourth-order valence-corrected chi connectivity index (χ4v) is 2.77. The summed E-state index contributed by atoms with van der Waals surface area (Å²) in [6.45, 7) is 3.15. The van der Waals surface area contributed by atoms with Crippen LogP contribution in [0, 0.1) is 0 Å². The van der Waals surface area contributed by atoms with Gasteiger partial charge in [-0.3, -0.25) is 4.98 Å². The van der Waals surface area contributed by atoms with Crippen molar-refractivity contribution in [3.63, 3.8) is 0 Å². The van der Waals surface area contributed by atoms with Crippen molar-refractivity contribution in [1.82, 2.24) is 15.0 Å². The highest BCUT2D eigenvalue weighted by molar-refractivity contribution is 5.67. The Bertz CT molecular complexity index is 744. The topological polar surface area (TPSA) is 51.1 Å². The summed E-state index contributed by atoms with van der Waals surface area (Å²) in [7, 11) is 0. The lowest BCUT2D eigenvalue weighted by Crippen LogP contribution is -2.36. The molecule has 0 saturated carbocycles. The van der Waals surface area contributed by atoms with Gasteiger partial charge in [-0.15, -0.1) is 0 Å². The van der Waals surface area contributed by atoms with Crippen LogP contribution in [0.2, 0.25) is 0 Å². The maximum atomic E-state index is 5.46. The molecule has 1 aliphatic rings. The molecule has 0 atom stereocenters. The minimum absolute atomic E-state index is 0.700. The van der Waals surface area contributed by atoms with E-state index in [1.54, 1.807) is 12.4 Å². The average molecular weight is 318 g/mol. The SMILES string of the molecule is c1ccc(-c2cc(N3CCOCC3)nc(-c3cccnc3)n2)cc1. The highest BCUT2D eigenvalue weighted by Crippen LogP contribution is 2.26. The van der Waals surface area contributed by atoms with Crippen molar-refractivity contribution in [2.24, 2.45) is 0 Å². The van der Waals surface area contributed by atoms with E-state index in [0.717, 1.165) is 48.9 Å². The molecule has 0 bridgehead atoms. The van der Waals surface area contributed by atoms with Gasteiger partial charge in [-0.1, -0.05) is 30.3 Å². The Kier molecular flexibility index (Phi) is 4.16. The number of nitrogens with zero attached hydrogens (tertiary/aromatic N) is 4. The van der Waals surface area contributed by atoms with Crippen molar-refractivity contribution < 1.29 is 4.74 Å². The molecular formula is C19H18N4O. The number of anilines is 1. The van der Waals surface area contributed by atoms with E-state index in [-0.39, 0.29) is 0 Å². The van der Waals surface area contributed by atoms with Crippen molar-refractivity contribution in [1.29, 1.82) is 0 Å². The summed E-state index contributed by atoms with van der Waals surface area (Å²) in [5.41, 5.74) is 2.93. The lowest BCUT2D eigenvalue weighted by molar-refractivity contribution is 0.122. The van der Waals surface area contributed by atoms with Crippen LogP contribution in [0.1, 0.15) is 0 Å². The van der Waals surface area contributed by atoms with Crippen molar-refractivity contribution in [2.75, 3.05) is 31.2 Å². The highest BCUT2D eigenvalue weighted by Gasteiger charge is 2.16. The Morgan fingerprint density at radius 2 is 1.67 bits per heavy atom. The van der Waals surface area contributed by atoms with Gasteiger partial charge < -0.3 is 9.64 Å². The monoisotopic (exact) mass is 318 g/mol. The Balaban J connectivity index is 1.81. The lowest BCUT2D eigenvalue weighted by atomic mass is 10.1. The number of morpholine rings is 1. The van der Waals surface area contributed by atoms with Crippen molar-refractivity contribution >= 4 is 5.82 Å². The normalized spacial score (nSPS) is 14.6. The van der Waals surface area contributed by atoms with Crippen LogP contribution in [0.5, 0.6) is 0 Å². The summed E-state index contributed by atoms with van der Waals surface area (Å²) in [5.74, 6) is 1.64. The number of hydrogen-bond acceptors (Lipinski definition) is 5. The smallest absolute Gasteiger partial charge is 0.163 e. The minimum atomic E-state index is 0.700. The zero-order valence-corrected chi connectivity index (χ0v) is 13.3. The van der Waals surface area contributed by atoms with Crippen molar-refractivity contribution in [3.8, 4) is 22.6 Å². The molecule has 0 amide bonds. The standard InChI is InChI=1S/C19H18N4O/c1-2-5-15(6-3-1)17-13-18(23-9-11-24-12-10-23)22-19(21-17)16-7-4-8-20-14-16/h1-8,13-14H,9-12H2. The molecule has 1 aliphatic heterocycles. The molecule has 2 aromatic heterocycles. The predicted octanol–water partition coefficient (Wildman–Crippen LogP) is 3.04. The number of aromatic nitrogens is 3. The highest BCUT2D eigenvalue weighted by atomic mass is 16.5. The molecule has 0 N–H and O–H groups in total. The molecular weight excluding hydrogens is 300 g/mol. The first-order valence-electron chi connectivity index (χ1n) is 8.08. The molecule has 0 aliphatic carbocycles. The zero-order chi connectivity index (χ0) is 16.2. The van der Waals surface area contributed by atoms with Crippen molar-refractivity contribution in [2.45, 2.75) is 0 Å². The Labute approximate surface area is 141 Å². The molecule has 0 spiro atoms. The largest absolute Gasteiger partial charge is 0.378 e. The summed E-state index contributed by atoms with van der Waals surface area (Å²) in [6.07, 6.45) is 3.56. The van der Waals surface area contributed by atoms with Crippen molar-refractivity contribution in [3.05, 3.63) is 60.9 Å². The number of pyridine rings is 1. The van der Waals surface area contributed by atoms with Gasteiger partial charge in [0.25, 0.3) is 0 Å². The summed E-state index contributed by atoms with van der Waals surface area (Å²) in [5, 5.41) is 0. The molecule has 5 heteroatoms. The third-order valence-electron chi connectivity index (χ3n) is 4.04. The molecule has 1 saturated heterocycles. The summed E-state index contributed by atoms with van der Waals surface area (Å²) in [6, 6.07) is 16.1. The predicted molar refractivity (Wildman–Crippen MR) is 93.7 cm³/mol. The number of rotatable bonds is 3. The first-order chi connectivity index (χ1) is 11.9. The van der Waals surface area contributed by atoms with Gasteiger partial charge in [-0.2, -0.15) is 0 Å². The van der Waals surface area contributed by atoms with E-state index in [9.17, 15) is 0 Å². The summed E-state index contributed by atoms with van der Waals surface area (Å²) < 4.78 is 5.46. The van der Waals surface area contributed by atoms with Gasteiger partial charge in [0.05, 0.1) is 18.9 Å². The average Bonchev–Trinajstić information content (AvgIpc) is 2.70. The Hall–Kier alpha value is -2.79. The second-order valence-electron chi connectivity index (χ2n) is 5.64. The van der Waals surface area contributed by atoms with Gasteiger partial charge >= 0.3 is 0 Å². The summed E-state index contributed by atoms with van der Waals surface area (Å²) in [4.78, 5) is 16.0. The van der Waals surface area contributed by atoms with Crippen LogP contribution in [0.25, 0.3) is 22.6 Å². The Morgan fingerprint density at radius 1 is 0.875 bits per heavy atom. The molecule has 5 nitrogen and oxygen atoms in total. The zero-order valence-electron chi connectivity index (χ0n) is 13.3. The maximum absolute atomic E-state index is 5.46.